The van der Waals surface area contributed by atoms with Crippen LogP contribution in [-0.2, 0) is 28.6 Å². The van der Waals surface area contributed by atoms with Crippen LogP contribution < -0.4 is 0 Å². The molecule has 0 N–H and O–H groups in total. The van der Waals surface area contributed by atoms with Crippen LogP contribution in [0.3, 0.4) is 0 Å². The Balaban J connectivity index is 4.52. The molecule has 0 aliphatic rings. The molecule has 0 unspecified atom stereocenters. The molecule has 0 saturated carbocycles. The van der Waals surface area contributed by atoms with E-state index in [9.17, 15) is 14.4 Å². The summed E-state index contributed by atoms with van der Waals surface area (Å²) in [6.07, 6.45) is 79.3. The van der Waals surface area contributed by atoms with Crippen LogP contribution in [0, 0.1) is 0 Å². The highest BCUT2D eigenvalue weighted by atomic mass is 16.6. The normalized spacial score (nSPS) is 12.9. The summed E-state index contributed by atoms with van der Waals surface area (Å²) in [4.78, 5) is 38.2. The second-order valence-corrected chi connectivity index (χ2v) is 19.2. The van der Waals surface area contributed by atoms with E-state index in [1.54, 1.807) is 0 Å². The topological polar surface area (TPSA) is 78.9 Å². The number of hydrogen-bond donors (Lipinski definition) is 0. The number of hydrogen-bond acceptors (Lipinski definition) is 6. The van der Waals surface area contributed by atoms with Gasteiger partial charge in [0.1, 0.15) is 13.2 Å². The summed E-state index contributed by atoms with van der Waals surface area (Å²) in [5.74, 6) is -0.963. The molecule has 0 aromatic rings. The molecule has 0 saturated heterocycles. The lowest BCUT2D eigenvalue weighted by molar-refractivity contribution is -0.167. The van der Waals surface area contributed by atoms with Gasteiger partial charge < -0.3 is 14.2 Å². The second kappa shape index (κ2) is 58.6. The highest BCUT2D eigenvalue weighted by Crippen LogP contribution is 2.15. The molecule has 0 aliphatic heterocycles. The number of rotatable bonds is 52. The van der Waals surface area contributed by atoms with Crippen molar-refractivity contribution in [3.8, 4) is 0 Å². The van der Waals surface area contributed by atoms with Gasteiger partial charge in [-0.05, 0) is 109 Å². The average Bonchev–Trinajstić information content (AvgIpc) is 3.37. The van der Waals surface area contributed by atoms with Gasteiger partial charge in [0.2, 0.25) is 0 Å². The molecule has 0 radical (unpaired) electrons. The maximum atomic E-state index is 12.9. The molecule has 0 heterocycles. The highest BCUT2D eigenvalue weighted by molar-refractivity contribution is 5.71. The first-order valence-electron chi connectivity index (χ1n) is 29.4. The van der Waals surface area contributed by atoms with Gasteiger partial charge in [0.05, 0.1) is 0 Å². The van der Waals surface area contributed by atoms with Gasteiger partial charge in [0.25, 0.3) is 0 Å². The van der Waals surface area contributed by atoms with Crippen LogP contribution in [0.25, 0.3) is 0 Å². The minimum Gasteiger partial charge on any atom is -0.462 e. The minimum absolute atomic E-state index is 0.101. The molecule has 0 aromatic carbocycles. The predicted molar refractivity (Wildman–Crippen MR) is 307 cm³/mol. The van der Waals surface area contributed by atoms with Crippen molar-refractivity contribution in [2.45, 2.75) is 271 Å². The maximum absolute atomic E-state index is 12.9. The second-order valence-electron chi connectivity index (χ2n) is 19.2. The molecule has 6 nitrogen and oxygen atoms in total. The van der Waals surface area contributed by atoms with E-state index in [2.05, 4.69) is 130 Å². The first-order chi connectivity index (χ1) is 35.0. The van der Waals surface area contributed by atoms with Crippen molar-refractivity contribution in [2.24, 2.45) is 0 Å². The molecule has 0 fully saturated rings. The number of carbonyl (C=O) groups excluding carboxylic acids is 3. The van der Waals surface area contributed by atoms with Gasteiger partial charge in [-0.25, -0.2) is 0 Å². The van der Waals surface area contributed by atoms with Gasteiger partial charge in [-0.3, -0.25) is 14.4 Å². The van der Waals surface area contributed by atoms with Crippen molar-refractivity contribution in [3.05, 3.63) is 109 Å². The van der Waals surface area contributed by atoms with Crippen molar-refractivity contribution >= 4 is 17.9 Å². The summed E-state index contributed by atoms with van der Waals surface area (Å²) in [7, 11) is 0. The first-order valence-corrected chi connectivity index (χ1v) is 29.4. The van der Waals surface area contributed by atoms with Gasteiger partial charge in [0.15, 0.2) is 6.10 Å². The average molecular weight is 986 g/mol. The quantitative estimate of drug-likeness (QED) is 0.0261. The third kappa shape index (κ3) is 56.9. The zero-order chi connectivity index (χ0) is 51.4. The van der Waals surface area contributed by atoms with Crippen LogP contribution in [0.2, 0.25) is 0 Å². The van der Waals surface area contributed by atoms with E-state index in [1.165, 1.54) is 103 Å². The molecule has 0 aliphatic carbocycles. The van der Waals surface area contributed by atoms with Gasteiger partial charge in [-0.2, -0.15) is 0 Å². The lowest BCUT2D eigenvalue weighted by Gasteiger charge is -2.18. The summed E-state index contributed by atoms with van der Waals surface area (Å²) < 4.78 is 16.8. The molecule has 6 heteroatoms. The van der Waals surface area contributed by atoms with Crippen LogP contribution in [-0.4, -0.2) is 37.2 Å². The molecule has 0 aromatic heterocycles. The maximum Gasteiger partial charge on any atom is 0.306 e. The number of allylic oxidation sites excluding steroid dienone is 18. The van der Waals surface area contributed by atoms with E-state index in [1.807, 2.05) is 0 Å². The molecular weight excluding hydrogens is 877 g/mol. The van der Waals surface area contributed by atoms with E-state index < -0.39 is 6.10 Å². The monoisotopic (exact) mass is 985 g/mol. The Hall–Kier alpha value is -3.93. The Morgan fingerprint density at radius 3 is 0.887 bits per heavy atom. The molecule has 0 bridgehead atoms. The molecule has 1 atom stereocenters. The van der Waals surface area contributed by atoms with Gasteiger partial charge in [0, 0.05) is 19.3 Å². The third-order valence-electron chi connectivity index (χ3n) is 12.3. The molecule has 0 spiro atoms. The molecule has 0 amide bonds. The first kappa shape index (κ1) is 67.1. The number of ether oxygens (including phenoxy) is 3. The van der Waals surface area contributed by atoms with E-state index in [-0.39, 0.29) is 37.5 Å². The highest BCUT2D eigenvalue weighted by Gasteiger charge is 2.19. The molecule has 71 heavy (non-hydrogen) atoms. The summed E-state index contributed by atoms with van der Waals surface area (Å²) in [5.41, 5.74) is 0. The van der Waals surface area contributed by atoms with Crippen LogP contribution in [0.4, 0.5) is 0 Å². The fourth-order valence-corrected chi connectivity index (χ4v) is 7.86. The number of unbranched alkanes of at least 4 members (excludes halogenated alkanes) is 23. The van der Waals surface area contributed by atoms with Crippen molar-refractivity contribution in [1.82, 2.24) is 0 Å². The van der Waals surface area contributed by atoms with Crippen molar-refractivity contribution in [1.29, 1.82) is 0 Å². The lowest BCUT2D eigenvalue weighted by atomic mass is 10.0. The van der Waals surface area contributed by atoms with Crippen molar-refractivity contribution in [2.75, 3.05) is 13.2 Å². The molecule has 0 rings (SSSR count). The Kier molecular flexibility index (Phi) is 55.4. The van der Waals surface area contributed by atoms with Gasteiger partial charge in [-0.15, -0.1) is 0 Å². The smallest absolute Gasteiger partial charge is 0.306 e. The number of carbonyl (C=O) groups is 3. The summed E-state index contributed by atoms with van der Waals surface area (Å²) in [5, 5.41) is 0. The van der Waals surface area contributed by atoms with Gasteiger partial charge >= 0.3 is 17.9 Å². The van der Waals surface area contributed by atoms with Gasteiger partial charge in [-0.1, -0.05) is 246 Å². The minimum atomic E-state index is -0.810. The Morgan fingerprint density at radius 1 is 0.296 bits per heavy atom. The fraction of sp³-hybridized carbons (Fsp3) is 0.677. The molecular formula is C65H108O6. The zero-order valence-corrected chi connectivity index (χ0v) is 46.2. The predicted octanol–water partition coefficient (Wildman–Crippen LogP) is 19.9. The van der Waals surface area contributed by atoms with Crippen molar-refractivity contribution < 1.29 is 28.6 Å². The Labute approximate surface area is 438 Å². The Morgan fingerprint density at radius 2 is 0.549 bits per heavy atom. The zero-order valence-electron chi connectivity index (χ0n) is 46.2. The summed E-state index contributed by atoms with van der Waals surface area (Å²) in [6, 6.07) is 0. The summed E-state index contributed by atoms with van der Waals surface area (Å²) in [6.45, 7) is 6.45. The SMILES string of the molecule is CC/C=C\C/C=C\C/C=C\C/C=C\C/C=C\CCCCCC(=O)O[C@H](COC(=O)CCCCC/C=C\C/C=C\C/C=C\C/C=C\CCCCC)COC(=O)CCCCCCCCCCCCCCCCC. The Bertz CT molecular complexity index is 1460. The van der Waals surface area contributed by atoms with Crippen molar-refractivity contribution in [3.63, 3.8) is 0 Å². The summed E-state index contributed by atoms with van der Waals surface area (Å²) >= 11 is 0. The fourth-order valence-electron chi connectivity index (χ4n) is 7.86. The standard InChI is InChI=1S/C65H108O6/c1-4-7-10-13-16-19-22-25-28-30-32-34-37-40-43-46-49-52-55-58-64(67)70-61-62(60-69-63(66)57-54-51-48-45-42-39-36-27-24-21-18-15-12-9-6-3)71-65(68)59-56-53-50-47-44-41-38-35-33-31-29-26-23-20-17-14-11-8-5-2/h8,11,16-17,19-20,25-26,28-29,32-35,40-41,43-44,62H,4-7,9-10,12-15,18,21-24,27,30-31,36-39,42,45-61H2,1-3H3/b11-8-,19-16-,20-17-,28-25-,29-26-,34-32-,35-33-,43-40-,44-41-/t62-/m0/s1. The van der Waals surface area contributed by atoms with Crippen LogP contribution >= 0.6 is 0 Å². The number of esters is 3. The third-order valence-corrected chi connectivity index (χ3v) is 12.3. The van der Waals surface area contributed by atoms with E-state index in [4.69, 9.17) is 14.2 Å². The van der Waals surface area contributed by atoms with E-state index >= 15 is 0 Å². The lowest BCUT2D eigenvalue weighted by Crippen LogP contribution is -2.30. The van der Waals surface area contributed by atoms with Crippen LogP contribution in [0.15, 0.2) is 109 Å². The van der Waals surface area contributed by atoms with Crippen LogP contribution in [0.5, 0.6) is 0 Å². The van der Waals surface area contributed by atoms with E-state index in [0.29, 0.717) is 12.8 Å². The molecule has 404 valence electrons. The van der Waals surface area contributed by atoms with Crippen LogP contribution in [0.1, 0.15) is 265 Å². The van der Waals surface area contributed by atoms with E-state index in [0.717, 1.165) is 122 Å². The largest absolute Gasteiger partial charge is 0.462 e.